The van der Waals surface area contributed by atoms with Crippen LogP contribution in [-0.2, 0) is 12.4 Å². The molecule has 1 aromatic heterocycles. The Kier molecular flexibility index (Phi) is 5.11. The van der Waals surface area contributed by atoms with Gasteiger partial charge >= 0.3 is 18.3 Å². The van der Waals surface area contributed by atoms with E-state index in [1.165, 1.54) is 18.3 Å². The first kappa shape index (κ1) is 19.8. The van der Waals surface area contributed by atoms with E-state index >= 15 is 0 Å². The molecule has 1 heterocycles. The second kappa shape index (κ2) is 7.23. The van der Waals surface area contributed by atoms with Gasteiger partial charge in [0.2, 0.25) is 0 Å². The van der Waals surface area contributed by atoms with Gasteiger partial charge in [-0.3, -0.25) is 0 Å². The minimum absolute atomic E-state index is 0.0443. The number of hydrogen-bond donors (Lipinski definition) is 0. The summed E-state index contributed by atoms with van der Waals surface area (Å²) in [5.74, 6) is -1.39. The van der Waals surface area contributed by atoms with Gasteiger partial charge < -0.3 is 4.74 Å². The molecule has 0 unspecified atom stereocenters. The third-order valence-electron chi connectivity index (χ3n) is 3.53. The van der Waals surface area contributed by atoms with Crippen LogP contribution in [-0.4, -0.2) is 15.6 Å². The molecule has 0 spiro atoms. The molecular weight excluding hydrogens is 410 g/mol. The number of halogens is 6. The highest BCUT2D eigenvalue weighted by Crippen LogP contribution is 2.36. The van der Waals surface area contributed by atoms with Crippen LogP contribution in [0.5, 0.6) is 5.75 Å². The monoisotopic (exact) mass is 418 g/mol. The predicted molar refractivity (Wildman–Crippen MR) is 86.7 cm³/mol. The lowest BCUT2D eigenvalue weighted by Gasteiger charge is -2.14. The van der Waals surface area contributed by atoms with Crippen molar-refractivity contribution in [1.29, 1.82) is 0 Å². The summed E-state index contributed by atoms with van der Waals surface area (Å²) in [4.78, 5) is 12.8. The summed E-state index contributed by atoms with van der Waals surface area (Å²) in [6.45, 7) is 0. The smallest absolute Gasteiger partial charge is 0.416 e. The summed E-state index contributed by atoms with van der Waals surface area (Å²) >= 11 is 1.12. The summed E-state index contributed by atoms with van der Waals surface area (Å²) in [5.41, 5.74) is -3.35. The number of carbonyl (C=O) groups is 1. The van der Waals surface area contributed by atoms with Crippen LogP contribution < -0.4 is 4.74 Å². The average molecular weight is 418 g/mol. The predicted octanol–water partition coefficient (Wildman–Crippen LogP) is 5.46. The normalized spacial score (nSPS) is 12.1. The minimum atomic E-state index is -5.05. The highest BCUT2D eigenvalue weighted by atomic mass is 32.1. The Bertz CT molecular complexity index is 950. The average Bonchev–Trinajstić information content (AvgIpc) is 3.15. The number of carbonyl (C=O) groups excluding carboxylic acids is 1. The second-order valence-corrected chi connectivity index (χ2v) is 6.28. The van der Waals surface area contributed by atoms with Crippen molar-refractivity contribution < 1.29 is 35.9 Å². The Morgan fingerprint density at radius 1 is 0.893 bits per heavy atom. The maximum atomic E-state index is 12.9. The van der Waals surface area contributed by atoms with Crippen LogP contribution >= 0.6 is 11.5 Å². The standard InChI is InChI=1S/C17H8F6N2O2S/c18-16(19,20)11-5-10(6-12(7-11)17(21,22)23)15(26)27-13-3-1-9(2-4-13)14-8-24-25-28-14/h1-8H. The number of ether oxygens (including phenoxy) is 1. The van der Waals surface area contributed by atoms with Gasteiger partial charge in [0, 0.05) is 0 Å². The van der Waals surface area contributed by atoms with Crippen LogP contribution in [0, 0.1) is 0 Å². The molecule has 0 aliphatic heterocycles. The van der Waals surface area contributed by atoms with E-state index in [1.807, 2.05) is 0 Å². The van der Waals surface area contributed by atoms with Gasteiger partial charge in [-0.05, 0) is 59.6 Å². The maximum Gasteiger partial charge on any atom is 0.416 e. The molecule has 0 saturated carbocycles. The van der Waals surface area contributed by atoms with E-state index in [9.17, 15) is 31.1 Å². The Balaban J connectivity index is 1.87. The molecule has 146 valence electrons. The zero-order valence-electron chi connectivity index (χ0n) is 13.5. The molecule has 0 N–H and O–H groups in total. The summed E-state index contributed by atoms with van der Waals surface area (Å²) < 4.78 is 85.9. The van der Waals surface area contributed by atoms with Crippen molar-refractivity contribution in [3.8, 4) is 16.2 Å². The van der Waals surface area contributed by atoms with Crippen LogP contribution in [0.15, 0.2) is 48.7 Å². The van der Waals surface area contributed by atoms with Crippen LogP contribution in [0.25, 0.3) is 10.4 Å². The molecule has 0 aliphatic rings. The molecule has 3 rings (SSSR count). The number of aromatic nitrogens is 2. The lowest BCUT2D eigenvalue weighted by atomic mass is 10.0. The number of alkyl halides is 6. The molecule has 0 bridgehead atoms. The summed E-state index contributed by atoms with van der Waals surface area (Å²) in [6.07, 6.45) is -8.60. The third kappa shape index (κ3) is 4.47. The van der Waals surface area contributed by atoms with Gasteiger partial charge in [0.1, 0.15) is 5.75 Å². The first-order valence-corrected chi connectivity index (χ1v) is 8.21. The van der Waals surface area contributed by atoms with Gasteiger partial charge in [-0.25, -0.2) is 4.79 Å². The largest absolute Gasteiger partial charge is 0.423 e. The fourth-order valence-electron chi connectivity index (χ4n) is 2.22. The zero-order chi connectivity index (χ0) is 20.5. The fourth-order valence-corrected chi connectivity index (χ4v) is 2.74. The van der Waals surface area contributed by atoms with E-state index in [2.05, 4.69) is 9.59 Å². The van der Waals surface area contributed by atoms with E-state index in [0.717, 1.165) is 16.4 Å². The van der Waals surface area contributed by atoms with Gasteiger partial charge in [-0.2, -0.15) is 26.3 Å². The summed E-state index contributed by atoms with van der Waals surface area (Å²) in [6, 6.07) is 6.37. The minimum Gasteiger partial charge on any atom is -0.423 e. The van der Waals surface area contributed by atoms with E-state index in [1.54, 1.807) is 12.1 Å². The van der Waals surface area contributed by atoms with Crippen LogP contribution in [0.1, 0.15) is 21.5 Å². The van der Waals surface area contributed by atoms with Crippen molar-refractivity contribution in [3.63, 3.8) is 0 Å². The maximum absolute atomic E-state index is 12.9. The molecule has 0 fully saturated rings. The zero-order valence-corrected chi connectivity index (χ0v) is 14.3. The number of hydrogen-bond acceptors (Lipinski definition) is 5. The summed E-state index contributed by atoms with van der Waals surface area (Å²) in [7, 11) is 0. The Morgan fingerprint density at radius 2 is 1.46 bits per heavy atom. The molecule has 0 aliphatic carbocycles. The van der Waals surface area contributed by atoms with Crippen LogP contribution in [0.3, 0.4) is 0 Å². The Morgan fingerprint density at radius 3 is 1.93 bits per heavy atom. The van der Waals surface area contributed by atoms with E-state index < -0.39 is 35.0 Å². The Labute approximate surface area is 157 Å². The fraction of sp³-hybridized carbons (Fsp3) is 0.118. The van der Waals surface area contributed by atoms with Crippen molar-refractivity contribution in [2.45, 2.75) is 12.4 Å². The second-order valence-electron chi connectivity index (χ2n) is 5.49. The number of rotatable bonds is 3. The van der Waals surface area contributed by atoms with E-state index in [-0.39, 0.29) is 11.8 Å². The molecule has 2 aromatic carbocycles. The highest BCUT2D eigenvalue weighted by Gasteiger charge is 2.37. The molecular formula is C17H8F6N2O2S. The third-order valence-corrected chi connectivity index (χ3v) is 4.25. The van der Waals surface area contributed by atoms with Crippen molar-refractivity contribution in [1.82, 2.24) is 9.59 Å². The topological polar surface area (TPSA) is 52.1 Å². The Hall–Kier alpha value is -2.95. The molecule has 0 amide bonds. The van der Waals surface area contributed by atoms with Gasteiger partial charge in [0.05, 0.1) is 27.8 Å². The van der Waals surface area contributed by atoms with Crippen molar-refractivity contribution in [3.05, 3.63) is 65.4 Å². The van der Waals surface area contributed by atoms with Gasteiger partial charge in [-0.15, -0.1) is 5.10 Å². The molecule has 3 aromatic rings. The lowest BCUT2D eigenvalue weighted by molar-refractivity contribution is -0.143. The molecule has 28 heavy (non-hydrogen) atoms. The van der Waals surface area contributed by atoms with Gasteiger partial charge in [0.25, 0.3) is 0 Å². The quantitative estimate of drug-likeness (QED) is 0.322. The van der Waals surface area contributed by atoms with Gasteiger partial charge in [-0.1, -0.05) is 4.49 Å². The van der Waals surface area contributed by atoms with Crippen molar-refractivity contribution >= 4 is 17.5 Å². The SMILES string of the molecule is O=C(Oc1ccc(-c2cnns2)cc1)c1cc(C(F)(F)F)cc(C(F)(F)F)c1. The molecule has 4 nitrogen and oxygen atoms in total. The van der Waals surface area contributed by atoms with Crippen molar-refractivity contribution in [2.24, 2.45) is 0 Å². The van der Waals surface area contributed by atoms with Crippen molar-refractivity contribution in [2.75, 3.05) is 0 Å². The number of esters is 1. The first-order chi connectivity index (χ1) is 13.0. The van der Waals surface area contributed by atoms with E-state index in [4.69, 9.17) is 4.74 Å². The van der Waals surface area contributed by atoms with E-state index in [0.29, 0.717) is 17.7 Å². The summed E-state index contributed by atoms with van der Waals surface area (Å²) in [5, 5.41) is 3.66. The van der Waals surface area contributed by atoms with Crippen LogP contribution in [0.4, 0.5) is 26.3 Å². The number of benzene rings is 2. The number of nitrogens with zero attached hydrogens (tertiary/aromatic N) is 2. The van der Waals surface area contributed by atoms with Crippen LogP contribution in [0.2, 0.25) is 0 Å². The van der Waals surface area contributed by atoms with Gasteiger partial charge in [0.15, 0.2) is 0 Å². The first-order valence-electron chi connectivity index (χ1n) is 7.43. The molecule has 0 atom stereocenters. The molecule has 0 saturated heterocycles. The lowest BCUT2D eigenvalue weighted by Crippen LogP contribution is -2.15. The molecule has 0 radical (unpaired) electrons. The highest BCUT2D eigenvalue weighted by molar-refractivity contribution is 7.09. The molecule has 11 heteroatoms.